The van der Waals surface area contributed by atoms with Crippen LogP contribution in [0.15, 0.2) is 53.5 Å². The van der Waals surface area contributed by atoms with E-state index >= 15 is 0 Å². The van der Waals surface area contributed by atoms with Gasteiger partial charge in [0.25, 0.3) is 5.69 Å². The van der Waals surface area contributed by atoms with Crippen LogP contribution >= 0.6 is 24.0 Å². The second kappa shape index (κ2) is 12.9. The van der Waals surface area contributed by atoms with Gasteiger partial charge in [0.05, 0.1) is 11.5 Å². The number of nitrogens with zero attached hydrogens (tertiary/aromatic N) is 2. The molecule has 0 amide bonds. The van der Waals surface area contributed by atoms with Crippen molar-refractivity contribution in [3.05, 3.63) is 64.2 Å². The summed E-state index contributed by atoms with van der Waals surface area (Å²) in [7, 11) is 3.34. The smallest absolute Gasteiger partial charge is 0.269 e. The molecule has 2 aromatic carbocycles. The van der Waals surface area contributed by atoms with Crippen molar-refractivity contribution in [1.29, 1.82) is 0 Å². The van der Waals surface area contributed by atoms with E-state index in [4.69, 9.17) is 9.47 Å². The number of nitro benzene ring substituents is 1. The average Bonchev–Trinajstić information content (AvgIpc) is 2.69. The van der Waals surface area contributed by atoms with Gasteiger partial charge in [-0.2, -0.15) is 0 Å². The Morgan fingerprint density at radius 2 is 1.93 bits per heavy atom. The van der Waals surface area contributed by atoms with E-state index in [-0.39, 0.29) is 29.7 Å². The minimum absolute atomic E-state index is 0. The van der Waals surface area contributed by atoms with Crippen molar-refractivity contribution in [2.75, 3.05) is 32.7 Å². The molecule has 2 N–H and O–H groups in total. The number of anilines is 1. The number of hydrogen-bond donors (Lipinski definition) is 2. The number of nitro groups is 1. The van der Waals surface area contributed by atoms with Gasteiger partial charge < -0.3 is 20.1 Å². The highest BCUT2D eigenvalue weighted by Crippen LogP contribution is 2.17. The van der Waals surface area contributed by atoms with Gasteiger partial charge >= 0.3 is 0 Å². The minimum Gasteiger partial charge on any atom is -0.493 e. The number of hydrogen-bond acceptors (Lipinski definition) is 5. The fourth-order valence-corrected chi connectivity index (χ4v) is 2.29. The van der Waals surface area contributed by atoms with E-state index in [0.717, 1.165) is 23.4 Å². The van der Waals surface area contributed by atoms with Crippen LogP contribution in [0.3, 0.4) is 0 Å². The van der Waals surface area contributed by atoms with E-state index in [9.17, 15) is 10.1 Å². The highest BCUT2D eigenvalue weighted by molar-refractivity contribution is 14.0. The fourth-order valence-electron chi connectivity index (χ4n) is 2.29. The summed E-state index contributed by atoms with van der Waals surface area (Å²) < 4.78 is 10.7. The number of ether oxygens (including phenoxy) is 2. The SMILES string of the molecule is CN=C(NCc1ccc([N+](=O)[O-])cc1)Nc1cccc(OCCCOC)c1.I. The summed E-state index contributed by atoms with van der Waals surface area (Å²) in [4.78, 5) is 14.5. The highest BCUT2D eigenvalue weighted by Gasteiger charge is 2.05. The molecule has 0 saturated carbocycles. The first-order valence-corrected chi connectivity index (χ1v) is 8.55. The van der Waals surface area contributed by atoms with Gasteiger partial charge in [-0.05, 0) is 17.7 Å². The van der Waals surface area contributed by atoms with Gasteiger partial charge in [-0.15, -0.1) is 24.0 Å². The van der Waals surface area contributed by atoms with E-state index in [1.165, 1.54) is 12.1 Å². The maximum Gasteiger partial charge on any atom is 0.269 e. The summed E-state index contributed by atoms with van der Waals surface area (Å²) in [5, 5.41) is 17.1. The molecule has 9 heteroatoms. The first kappa shape index (κ1) is 23.6. The molecular formula is C19H25IN4O4. The normalized spacial score (nSPS) is 10.7. The van der Waals surface area contributed by atoms with Crippen molar-refractivity contribution in [2.45, 2.75) is 13.0 Å². The van der Waals surface area contributed by atoms with Crippen LogP contribution in [0.5, 0.6) is 5.75 Å². The molecule has 0 atom stereocenters. The van der Waals surface area contributed by atoms with Crippen molar-refractivity contribution in [2.24, 2.45) is 4.99 Å². The lowest BCUT2D eigenvalue weighted by molar-refractivity contribution is -0.384. The van der Waals surface area contributed by atoms with Gasteiger partial charge in [-0.3, -0.25) is 15.1 Å². The van der Waals surface area contributed by atoms with Crippen LogP contribution in [-0.4, -0.2) is 38.3 Å². The molecule has 0 unspecified atom stereocenters. The molecule has 0 aromatic heterocycles. The fraction of sp³-hybridized carbons (Fsp3) is 0.316. The second-order valence-electron chi connectivity index (χ2n) is 5.70. The molecular weight excluding hydrogens is 475 g/mol. The zero-order chi connectivity index (χ0) is 19.5. The Bertz CT molecular complexity index is 769. The van der Waals surface area contributed by atoms with E-state index < -0.39 is 4.92 Å². The zero-order valence-corrected chi connectivity index (χ0v) is 18.2. The summed E-state index contributed by atoms with van der Waals surface area (Å²) in [6.07, 6.45) is 0.826. The van der Waals surface area contributed by atoms with E-state index in [1.807, 2.05) is 24.3 Å². The summed E-state index contributed by atoms with van der Waals surface area (Å²) in [5.74, 6) is 1.35. The Balaban J connectivity index is 0.00000392. The van der Waals surface area contributed by atoms with Crippen LogP contribution < -0.4 is 15.4 Å². The number of methoxy groups -OCH3 is 1. The maximum atomic E-state index is 10.7. The van der Waals surface area contributed by atoms with Crippen LogP contribution in [0.25, 0.3) is 0 Å². The minimum atomic E-state index is -0.415. The van der Waals surface area contributed by atoms with Crippen molar-refractivity contribution in [3.63, 3.8) is 0 Å². The third kappa shape index (κ3) is 8.09. The number of non-ortho nitro benzene ring substituents is 1. The molecule has 28 heavy (non-hydrogen) atoms. The highest BCUT2D eigenvalue weighted by atomic mass is 127. The van der Waals surface area contributed by atoms with Gasteiger partial charge in [-0.1, -0.05) is 18.2 Å². The van der Waals surface area contributed by atoms with Crippen molar-refractivity contribution < 1.29 is 14.4 Å². The van der Waals surface area contributed by atoms with Gasteiger partial charge in [0.1, 0.15) is 5.75 Å². The Morgan fingerprint density at radius 1 is 1.18 bits per heavy atom. The van der Waals surface area contributed by atoms with Crippen molar-refractivity contribution in [1.82, 2.24) is 5.32 Å². The first-order valence-electron chi connectivity index (χ1n) is 8.55. The quantitative estimate of drug-likeness (QED) is 0.136. The Morgan fingerprint density at radius 3 is 2.57 bits per heavy atom. The van der Waals surface area contributed by atoms with Gasteiger partial charge in [0.2, 0.25) is 0 Å². The molecule has 0 spiro atoms. The van der Waals surface area contributed by atoms with Gasteiger partial charge in [-0.25, -0.2) is 0 Å². The van der Waals surface area contributed by atoms with Crippen LogP contribution in [0.2, 0.25) is 0 Å². The molecule has 0 aliphatic heterocycles. The van der Waals surface area contributed by atoms with Crippen molar-refractivity contribution >= 4 is 41.3 Å². The number of rotatable bonds is 9. The predicted molar refractivity (Wildman–Crippen MR) is 121 cm³/mol. The molecule has 0 radical (unpaired) electrons. The molecule has 152 valence electrons. The molecule has 0 fully saturated rings. The molecule has 0 saturated heterocycles. The number of benzene rings is 2. The summed E-state index contributed by atoms with van der Waals surface area (Å²) in [6, 6.07) is 14.0. The summed E-state index contributed by atoms with van der Waals surface area (Å²) in [6.45, 7) is 1.74. The predicted octanol–water partition coefficient (Wildman–Crippen LogP) is 3.82. The third-order valence-electron chi connectivity index (χ3n) is 3.69. The molecule has 8 nitrogen and oxygen atoms in total. The molecule has 0 aliphatic rings. The second-order valence-corrected chi connectivity index (χ2v) is 5.70. The lowest BCUT2D eigenvalue weighted by Gasteiger charge is -2.13. The van der Waals surface area contributed by atoms with E-state index in [1.54, 1.807) is 26.3 Å². The van der Waals surface area contributed by atoms with Crippen LogP contribution in [0.1, 0.15) is 12.0 Å². The Labute approximate surface area is 181 Å². The summed E-state index contributed by atoms with van der Waals surface area (Å²) in [5.41, 5.74) is 1.83. The Kier molecular flexibility index (Phi) is 10.9. The summed E-state index contributed by atoms with van der Waals surface area (Å²) >= 11 is 0. The van der Waals surface area contributed by atoms with Crippen molar-refractivity contribution in [3.8, 4) is 5.75 Å². The number of aliphatic imine (C=N–C) groups is 1. The molecule has 2 aromatic rings. The molecule has 0 aliphatic carbocycles. The van der Waals surface area contributed by atoms with Crippen LogP contribution in [0.4, 0.5) is 11.4 Å². The number of halogens is 1. The molecule has 0 heterocycles. The topological polar surface area (TPSA) is 98.0 Å². The monoisotopic (exact) mass is 500 g/mol. The largest absolute Gasteiger partial charge is 0.493 e. The molecule has 0 bridgehead atoms. The van der Waals surface area contributed by atoms with Crippen LogP contribution in [0, 0.1) is 10.1 Å². The van der Waals surface area contributed by atoms with Gasteiger partial charge in [0, 0.05) is 57.6 Å². The lowest BCUT2D eigenvalue weighted by atomic mass is 10.2. The number of guanidine groups is 1. The van der Waals surface area contributed by atoms with Crippen LogP contribution in [-0.2, 0) is 11.3 Å². The molecule has 2 rings (SSSR count). The Hall–Kier alpha value is -2.40. The van der Waals surface area contributed by atoms with E-state index in [2.05, 4.69) is 15.6 Å². The van der Waals surface area contributed by atoms with E-state index in [0.29, 0.717) is 25.7 Å². The number of nitrogens with one attached hydrogen (secondary N) is 2. The first-order chi connectivity index (χ1) is 13.1. The zero-order valence-electron chi connectivity index (χ0n) is 15.9. The van der Waals surface area contributed by atoms with Gasteiger partial charge in [0.15, 0.2) is 5.96 Å². The standard InChI is InChI=1S/C19H24N4O4.HI/c1-20-19(21-14-15-7-9-17(10-8-15)23(24)25)22-16-5-3-6-18(13-16)27-12-4-11-26-2;/h3,5-10,13H,4,11-12,14H2,1-2H3,(H2,20,21,22);1H. The maximum absolute atomic E-state index is 10.7. The third-order valence-corrected chi connectivity index (χ3v) is 3.69. The lowest BCUT2D eigenvalue weighted by Crippen LogP contribution is -2.30. The average molecular weight is 500 g/mol.